The number of likely N-dealkylation sites (tertiary alicyclic amines) is 2. The number of rotatable bonds is 8. The SMILES string of the molecule is C=N/C=C(F)\C(=N/CNc1ccc(CN2CCC3(CCN(C)CC3)CC2)cn1)c1cc(F)c2nc3n(c2c1)C(C)(C)CC3. The van der Waals surface area contributed by atoms with E-state index in [1.54, 1.807) is 6.07 Å². The van der Waals surface area contributed by atoms with Crippen LogP contribution in [0.25, 0.3) is 11.0 Å². The topological polar surface area (TPSA) is 73.9 Å². The van der Waals surface area contributed by atoms with Crippen molar-refractivity contribution in [1.82, 2.24) is 24.3 Å². The van der Waals surface area contributed by atoms with Gasteiger partial charge in [-0.1, -0.05) is 6.07 Å². The summed E-state index contributed by atoms with van der Waals surface area (Å²) in [5.74, 6) is 0.287. The van der Waals surface area contributed by atoms with Gasteiger partial charge in [0.2, 0.25) is 0 Å². The van der Waals surface area contributed by atoms with Crippen LogP contribution in [0.4, 0.5) is 14.6 Å². The highest BCUT2D eigenvalue weighted by atomic mass is 19.1. The Kier molecular flexibility index (Phi) is 8.17. The molecular weight excluding hydrogens is 546 g/mol. The second-order valence-corrected chi connectivity index (χ2v) is 13.1. The van der Waals surface area contributed by atoms with Gasteiger partial charge in [-0.25, -0.2) is 18.7 Å². The fourth-order valence-corrected chi connectivity index (χ4v) is 7.00. The van der Waals surface area contributed by atoms with Crippen molar-refractivity contribution >= 4 is 29.3 Å². The summed E-state index contributed by atoms with van der Waals surface area (Å²) in [5.41, 5.74) is 2.76. The summed E-state index contributed by atoms with van der Waals surface area (Å²) >= 11 is 0. The first kappa shape index (κ1) is 29.6. The molecule has 3 aromatic rings. The number of fused-ring (bicyclic) bond motifs is 3. The zero-order valence-corrected chi connectivity index (χ0v) is 25.5. The van der Waals surface area contributed by atoms with Crippen LogP contribution in [0.15, 0.2) is 52.5 Å². The Balaban J connectivity index is 1.12. The van der Waals surface area contributed by atoms with Crippen LogP contribution in [0.1, 0.15) is 62.9 Å². The van der Waals surface area contributed by atoms with E-state index in [4.69, 9.17) is 0 Å². The zero-order chi connectivity index (χ0) is 30.2. The van der Waals surface area contributed by atoms with E-state index in [9.17, 15) is 0 Å². The van der Waals surface area contributed by atoms with Gasteiger partial charge in [-0.15, -0.1) is 0 Å². The summed E-state index contributed by atoms with van der Waals surface area (Å²) in [7, 11) is 2.22. The van der Waals surface area contributed by atoms with Crippen molar-refractivity contribution in [1.29, 1.82) is 0 Å². The van der Waals surface area contributed by atoms with Crippen molar-refractivity contribution < 1.29 is 8.78 Å². The molecule has 1 spiro atoms. The number of anilines is 1. The highest BCUT2D eigenvalue weighted by Gasteiger charge is 2.37. The number of hydrogen-bond donors (Lipinski definition) is 1. The van der Waals surface area contributed by atoms with Crippen LogP contribution in [-0.4, -0.2) is 76.7 Å². The van der Waals surface area contributed by atoms with Crippen LogP contribution in [0.5, 0.6) is 0 Å². The van der Waals surface area contributed by atoms with E-state index in [2.05, 4.69) is 73.3 Å². The molecule has 2 saturated heterocycles. The van der Waals surface area contributed by atoms with Crippen molar-refractivity contribution in [3.8, 4) is 0 Å². The summed E-state index contributed by atoms with van der Waals surface area (Å²) in [6.45, 7) is 13.2. The van der Waals surface area contributed by atoms with E-state index in [0.29, 0.717) is 27.8 Å². The molecule has 2 aromatic heterocycles. The summed E-state index contributed by atoms with van der Waals surface area (Å²) in [4.78, 5) is 22.1. The van der Waals surface area contributed by atoms with Crippen molar-refractivity contribution in [2.45, 2.75) is 64.5 Å². The molecule has 0 radical (unpaired) electrons. The fraction of sp³-hybridized carbons (Fsp3) is 0.515. The van der Waals surface area contributed by atoms with Crippen molar-refractivity contribution in [3.63, 3.8) is 0 Å². The van der Waals surface area contributed by atoms with E-state index in [0.717, 1.165) is 44.5 Å². The third-order valence-electron chi connectivity index (χ3n) is 9.75. The smallest absolute Gasteiger partial charge is 0.167 e. The molecule has 6 rings (SSSR count). The number of imidazole rings is 1. The molecule has 3 aliphatic rings. The molecule has 0 unspecified atom stereocenters. The van der Waals surface area contributed by atoms with Gasteiger partial charge in [0.05, 0.1) is 11.7 Å². The molecule has 0 amide bonds. The number of pyridine rings is 1. The Labute approximate surface area is 252 Å². The maximum absolute atomic E-state index is 15.2. The van der Waals surface area contributed by atoms with Gasteiger partial charge in [0, 0.05) is 30.3 Å². The first-order valence-corrected chi connectivity index (χ1v) is 15.3. The summed E-state index contributed by atoms with van der Waals surface area (Å²) < 4.78 is 32.5. The normalized spacial score (nSPS) is 21.0. The lowest BCUT2D eigenvalue weighted by molar-refractivity contribution is 0.0400. The number of aromatic nitrogens is 3. The second kappa shape index (κ2) is 11.9. The summed E-state index contributed by atoms with van der Waals surface area (Å²) in [6, 6.07) is 7.05. The lowest BCUT2D eigenvalue weighted by Gasteiger charge is -2.46. The molecule has 0 atom stereocenters. The standard InChI is InChI=1S/C33H42F2N8/c1-32(2)8-7-29-40-31-25(34)17-24(18-27(31)43(29)32)30(26(35)20-36-3)39-22-38-28-6-5-23(19-37-28)21-42-15-11-33(12-16-42)9-13-41(4)14-10-33/h5-6,17-20H,3,7-16,21-22H2,1-2,4H3,(H,37,38)/b26-20+,39-30-. The predicted octanol–water partition coefficient (Wildman–Crippen LogP) is 5.93. The van der Waals surface area contributed by atoms with Gasteiger partial charge in [0.1, 0.15) is 29.5 Å². The van der Waals surface area contributed by atoms with E-state index >= 15 is 8.78 Å². The third-order valence-corrected chi connectivity index (χ3v) is 9.75. The first-order valence-electron chi connectivity index (χ1n) is 15.3. The Morgan fingerprint density at radius 2 is 1.84 bits per heavy atom. The molecule has 0 bridgehead atoms. The molecule has 1 aromatic carbocycles. The Morgan fingerprint density at radius 1 is 1.09 bits per heavy atom. The molecule has 1 N–H and O–H groups in total. The zero-order valence-electron chi connectivity index (χ0n) is 25.5. The molecule has 228 valence electrons. The monoisotopic (exact) mass is 588 g/mol. The van der Waals surface area contributed by atoms with Crippen molar-refractivity contribution in [2.75, 3.05) is 45.2 Å². The minimum absolute atomic E-state index is 0.00356. The van der Waals surface area contributed by atoms with E-state index in [-0.39, 0.29) is 17.9 Å². The Hall–Kier alpha value is -3.50. The maximum atomic E-state index is 15.2. The van der Waals surface area contributed by atoms with Gasteiger partial charge in [0.15, 0.2) is 11.6 Å². The number of halogens is 2. The Bertz CT molecular complexity index is 1540. The van der Waals surface area contributed by atoms with E-state index in [1.807, 2.05) is 12.3 Å². The fourth-order valence-electron chi connectivity index (χ4n) is 7.00. The van der Waals surface area contributed by atoms with Crippen LogP contribution in [0.2, 0.25) is 0 Å². The largest absolute Gasteiger partial charge is 0.351 e. The highest BCUT2D eigenvalue weighted by Crippen LogP contribution is 2.41. The molecular formula is C33H42F2N8. The number of nitrogens with one attached hydrogen (secondary N) is 1. The van der Waals surface area contributed by atoms with Gasteiger partial charge < -0.3 is 14.8 Å². The maximum Gasteiger partial charge on any atom is 0.167 e. The summed E-state index contributed by atoms with van der Waals surface area (Å²) in [5, 5.41) is 3.15. The van der Waals surface area contributed by atoms with Gasteiger partial charge in [-0.2, -0.15) is 0 Å². The minimum atomic E-state index is -0.692. The average Bonchev–Trinajstić information content (AvgIpc) is 3.52. The minimum Gasteiger partial charge on any atom is -0.351 e. The van der Waals surface area contributed by atoms with Crippen LogP contribution >= 0.6 is 0 Å². The van der Waals surface area contributed by atoms with Gasteiger partial charge in [0.25, 0.3) is 0 Å². The molecule has 0 saturated carbocycles. The first-order chi connectivity index (χ1) is 20.7. The number of benzene rings is 1. The van der Waals surface area contributed by atoms with Gasteiger partial charge >= 0.3 is 0 Å². The van der Waals surface area contributed by atoms with Crippen LogP contribution in [-0.2, 0) is 18.5 Å². The number of aryl methyl sites for hydroxylation is 1. The molecule has 8 nitrogen and oxygen atoms in total. The highest BCUT2D eigenvalue weighted by molar-refractivity contribution is 6.12. The van der Waals surface area contributed by atoms with Gasteiger partial charge in [-0.3, -0.25) is 14.9 Å². The molecule has 43 heavy (non-hydrogen) atoms. The molecule has 10 heteroatoms. The van der Waals surface area contributed by atoms with Gasteiger partial charge in [-0.05, 0) is 115 Å². The predicted molar refractivity (Wildman–Crippen MR) is 169 cm³/mol. The lowest BCUT2D eigenvalue weighted by Crippen LogP contribution is -2.45. The number of hydrogen-bond acceptors (Lipinski definition) is 7. The van der Waals surface area contributed by atoms with Crippen LogP contribution in [0.3, 0.4) is 0 Å². The van der Waals surface area contributed by atoms with Crippen LogP contribution < -0.4 is 5.32 Å². The van der Waals surface area contributed by atoms with Crippen LogP contribution in [0, 0.1) is 11.2 Å². The number of allylic oxidation sites excluding steroid dienone is 1. The quantitative estimate of drug-likeness (QED) is 0.330. The molecule has 5 heterocycles. The van der Waals surface area contributed by atoms with Crippen molar-refractivity contribution in [3.05, 3.63) is 65.3 Å². The second-order valence-electron chi connectivity index (χ2n) is 13.1. The van der Waals surface area contributed by atoms with Crippen molar-refractivity contribution in [2.24, 2.45) is 15.4 Å². The third kappa shape index (κ3) is 6.13. The lowest BCUT2D eigenvalue weighted by atomic mass is 9.71. The van der Waals surface area contributed by atoms with E-state index in [1.165, 1.54) is 50.4 Å². The number of nitrogens with zero attached hydrogens (tertiary/aromatic N) is 7. The molecule has 3 aliphatic heterocycles. The molecule has 2 fully saturated rings. The number of piperidine rings is 2. The molecule has 0 aliphatic carbocycles. The number of aliphatic imine (C=N–C) groups is 2. The average molecular weight is 589 g/mol. The summed E-state index contributed by atoms with van der Waals surface area (Å²) in [6.07, 6.45) is 9.77. The van der Waals surface area contributed by atoms with E-state index < -0.39 is 11.6 Å². The Morgan fingerprint density at radius 3 is 2.53 bits per heavy atom.